The molecule has 1 aromatic heterocycles. The third-order valence-corrected chi connectivity index (χ3v) is 3.46. The molecule has 0 saturated carbocycles. The highest BCUT2D eigenvalue weighted by Crippen LogP contribution is 2.27. The predicted molar refractivity (Wildman–Crippen MR) is 65.2 cm³/mol. The summed E-state index contributed by atoms with van der Waals surface area (Å²) in [6.45, 7) is 2.93. The molecular weight excluding hydrogens is 240 g/mol. The molecule has 0 bridgehead atoms. The second-order valence-electron chi connectivity index (χ2n) is 4.73. The Labute approximate surface area is 104 Å². The van der Waals surface area contributed by atoms with Gasteiger partial charge < -0.3 is 15.7 Å². The first kappa shape index (κ1) is 13.0. The third-order valence-electron chi connectivity index (χ3n) is 3.46. The number of rotatable bonds is 2. The molecule has 0 radical (unpaired) electrons. The van der Waals surface area contributed by atoms with E-state index in [1.807, 2.05) is 0 Å². The maximum atomic E-state index is 13.6. The van der Waals surface area contributed by atoms with Gasteiger partial charge in [0, 0.05) is 19.2 Å². The zero-order chi connectivity index (χ0) is 13.3. The van der Waals surface area contributed by atoms with Gasteiger partial charge in [0.05, 0.1) is 6.10 Å². The van der Waals surface area contributed by atoms with Crippen LogP contribution in [0.5, 0.6) is 0 Å². The number of halogens is 2. The normalized spacial score (nSPS) is 19.0. The Hall–Kier alpha value is -1.43. The number of aromatic nitrogens is 1. The molecule has 6 heteroatoms. The Bertz CT molecular complexity index is 432. The second kappa shape index (κ2) is 5.06. The molecule has 4 nitrogen and oxygen atoms in total. The molecule has 0 spiro atoms. The fraction of sp³-hybridized carbons (Fsp3) is 0.583. The molecule has 1 atom stereocenters. The van der Waals surface area contributed by atoms with E-state index in [0.29, 0.717) is 13.1 Å². The predicted octanol–water partition coefficient (Wildman–Crippen LogP) is 1.54. The van der Waals surface area contributed by atoms with Crippen molar-refractivity contribution in [2.24, 2.45) is 5.92 Å². The number of anilines is 2. The molecule has 1 fully saturated rings. The highest BCUT2D eigenvalue weighted by atomic mass is 19.1. The lowest BCUT2D eigenvalue weighted by Crippen LogP contribution is -2.38. The first-order chi connectivity index (χ1) is 8.49. The zero-order valence-corrected chi connectivity index (χ0v) is 10.2. The number of nitrogen functional groups attached to an aromatic ring is 1. The zero-order valence-electron chi connectivity index (χ0n) is 10.2. The molecule has 18 heavy (non-hydrogen) atoms. The number of aliphatic hydroxyl groups is 1. The average Bonchev–Trinajstić information content (AvgIpc) is 2.34. The van der Waals surface area contributed by atoms with E-state index in [2.05, 4.69) is 4.98 Å². The first-order valence-corrected chi connectivity index (χ1v) is 6.03. The lowest BCUT2D eigenvalue weighted by Gasteiger charge is -2.34. The molecule has 1 aliphatic heterocycles. The van der Waals surface area contributed by atoms with Crippen molar-refractivity contribution in [3.63, 3.8) is 0 Å². The molecule has 1 saturated heterocycles. The van der Waals surface area contributed by atoms with Crippen LogP contribution in [0.15, 0.2) is 6.07 Å². The minimum atomic E-state index is -0.838. The van der Waals surface area contributed by atoms with E-state index in [1.165, 1.54) is 0 Å². The van der Waals surface area contributed by atoms with Gasteiger partial charge in [-0.3, -0.25) is 0 Å². The van der Waals surface area contributed by atoms with E-state index in [4.69, 9.17) is 5.73 Å². The molecular formula is C12H17F2N3O. The first-order valence-electron chi connectivity index (χ1n) is 6.03. The van der Waals surface area contributed by atoms with Gasteiger partial charge in [0.15, 0.2) is 23.3 Å². The fourth-order valence-corrected chi connectivity index (χ4v) is 2.29. The van der Waals surface area contributed by atoms with Crippen LogP contribution in [0.25, 0.3) is 0 Å². The number of hydrogen-bond donors (Lipinski definition) is 2. The third kappa shape index (κ3) is 2.53. The number of piperidine rings is 1. The maximum absolute atomic E-state index is 13.6. The molecule has 2 heterocycles. The summed E-state index contributed by atoms with van der Waals surface area (Å²) in [6.07, 6.45) is 1.16. The maximum Gasteiger partial charge on any atom is 0.168 e. The standard InChI is InChI=1S/C12H17F2N3O/c1-7(18)8-2-4-17(5-3-8)12-10(14)6-9(13)11(15)16-12/h6-8,18H,2-5H2,1H3,(H2,15,16). The summed E-state index contributed by atoms with van der Waals surface area (Å²) >= 11 is 0. The Morgan fingerprint density at radius 3 is 2.56 bits per heavy atom. The Morgan fingerprint density at radius 2 is 2.00 bits per heavy atom. The van der Waals surface area contributed by atoms with Gasteiger partial charge in [-0.05, 0) is 25.7 Å². The average molecular weight is 257 g/mol. The van der Waals surface area contributed by atoms with Crippen LogP contribution < -0.4 is 10.6 Å². The molecule has 1 unspecified atom stereocenters. The lowest BCUT2D eigenvalue weighted by molar-refractivity contribution is 0.109. The van der Waals surface area contributed by atoms with Crippen molar-refractivity contribution >= 4 is 11.6 Å². The van der Waals surface area contributed by atoms with Crippen LogP contribution >= 0.6 is 0 Å². The molecule has 3 N–H and O–H groups in total. The van der Waals surface area contributed by atoms with E-state index in [1.54, 1.807) is 11.8 Å². The van der Waals surface area contributed by atoms with E-state index in [-0.39, 0.29) is 23.7 Å². The van der Waals surface area contributed by atoms with Crippen molar-refractivity contribution in [2.75, 3.05) is 23.7 Å². The number of pyridine rings is 1. The second-order valence-corrected chi connectivity index (χ2v) is 4.73. The quantitative estimate of drug-likeness (QED) is 0.843. The van der Waals surface area contributed by atoms with E-state index >= 15 is 0 Å². The number of hydrogen-bond acceptors (Lipinski definition) is 4. The van der Waals surface area contributed by atoms with E-state index < -0.39 is 11.6 Å². The van der Waals surface area contributed by atoms with Crippen molar-refractivity contribution in [3.05, 3.63) is 17.7 Å². The summed E-state index contributed by atoms with van der Waals surface area (Å²) in [5.74, 6) is -1.50. The molecule has 0 amide bonds. The molecule has 1 aliphatic rings. The van der Waals surface area contributed by atoms with Gasteiger partial charge in [-0.25, -0.2) is 13.8 Å². The van der Waals surface area contributed by atoms with Gasteiger partial charge in [0.2, 0.25) is 0 Å². The van der Waals surface area contributed by atoms with Gasteiger partial charge in [-0.15, -0.1) is 0 Å². The number of aliphatic hydroxyl groups excluding tert-OH is 1. The summed E-state index contributed by atoms with van der Waals surface area (Å²) in [5, 5.41) is 9.49. The van der Waals surface area contributed by atoms with Crippen LogP contribution in [0.3, 0.4) is 0 Å². The van der Waals surface area contributed by atoms with Crippen LogP contribution in [-0.2, 0) is 0 Å². The summed E-state index contributed by atoms with van der Waals surface area (Å²) in [5.41, 5.74) is 5.35. The minimum Gasteiger partial charge on any atom is -0.393 e. The van der Waals surface area contributed by atoms with Gasteiger partial charge in [0.1, 0.15) is 0 Å². The minimum absolute atomic E-state index is 0.0953. The Balaban J connectivity index is 2.12. The van der Waals surface area contributed by atoms with Crippen molar-refractivity contribution in [1.29, 1.82) is 0 Å². The molecule has 1 aromatic rings. The molecule has 2 rings (SSSR count). The van der Waals surface area contributed by atoms with Gasteiger partial charge >= 0.3 is 0 Å². The highest BCUT2D eigenvalue weighted by molar-refractivity contribution is 5.47. The number of nitrogens with zero attached hydrogens (tertiary/aromatic N) is 2. The smallest absolute Gasteiger partial charge is 0.168 e. The molecule has 0 aliphatic carbocycles. The monoisotopic (exact) mass is 257 g/mol. The molecule has 100 valence electrons. The van der Waals surface area contributed by atoms with Gasteiger partial charge in [0.25, 0.3) is 0 Å². The van der Waals surface area contributed by atoms with Gasteiger partial charge in [-0.1, -0.05) is 0 Å². The lowest BCUT2D eigenvalue weighted by atomic mass is 9.92. The summed E-state index contributed by atoms with van der Waals surface area (Å²) < 4.78 is 26.6. The fourth-order valence-electron chi connectivity index (χ4n) is 2.29. The van der Waals surface area contributed by atoms with Crippen LogP contribution in [0.2, 0.25) is 0 Å². The summed E-state index contributed by atoms with van der Waals surface area (Å²) in [6, 6.07) is 0.762. The van der Waals surface area contributed by atoms with Crippen molar-refractivity contribution in [3.8, 4) is 0 Å². The van der Waals surface area contributed by atoms with Crippen molar-refractivity contribution < 1.29 is 13.9 Å². The molecule has 0 aromatic carbocycles. The van der Waals surface area contributed by atoms with Crippen LogP contribution in [0.4, 0.5) is 20.4 Å². The Morgan fingerprint density at radius 1 is 1.39 bits per heavy atom. The van der Waals surface area contributed by atoms with Crippen LogP contribution in [-0.4, -0.2) is 29.3 Å². The summed E-state index contributed by atoms with van der Waals surface area (Å²) in [7, 11) is 0. The van der Waals surface area contributed by atoms with E-state index in [0.717, 1.165) is 18.9 Å². The number of nitrogens with two attached hydrogens (primary N) is 1. The highest BCUT2D eigenvalue weighted by Gasteiger charge is 2.25. The largest absolute Gasteiger partial charge is 0.393 e. The SMILES string of the molecule is CC(O)C1CCN(c2nc(N)c(F)cc2F)CC1. The van der Waals surface area contributed by atoms with Crippen molar-refractivity contribution in [2.45, 2.75) is 25.9 Å². The Kier molecular flexibility index (Phi) is 3.65. The van der Waals surface area contributed by atoms with Crippen LogP contribution in [0, 0.1) is 17.6 Å². The van der Waals surface area contributed by atoms with E-state index in [9.17, 15) is 13.9 Å². The summed E-state index contributed by atoms with van der Waals surface area (Å²) in [4.78, 5) is 5.50. The van der Waals surface area contributed by atoms with Crippen molar-refractivity contribution in [1.82, 2.24) is 4.98 Å². The topological polar surface area (TPSA) is 62.4 Å². The van der Waals surface area contributed by atoms with Gasteiger partial charge in [-0.2, -0.15) is 0 Å². The van der Waals surface area contributed by atoms with Crippen LogP contribution in [0.1, 0.15) is 19.8 Å².